The van der Waals surface area contributed by atoms with Crippen molar-refractivity contribution in [3.05, 3.63) is 22.5 Å². The predicted octanol–water partition coefficient (Wildman–Crippen LogP) is 2.31. The van der Waals surface area contributed by atoms with E-state index >= 15 is 0 Å². The molecule has 1 rings (SSSR count). The molecule has 1 aromatic heterocycles. The first kappa shape index (κ1) is 12.6. The highest BCUT2D eigenvalue weighted by Gasteiger charge is 2.21. The molecule has 0 aromatic carbocycles. The van der Waals surface area contributed by atoms with Crippen molar-refractivity contribution in [1.82, 2.24) is 4.98 Å². The fraction of sp³-hybridized carbons (Fsp3) is 0.333. The lowest BCUT2D eigenvalue weighted by atomic mass is 10.1. The van der Waals surface area contributed by atoms with Crippen molar-refractivity contribution in [3.8, 4) is 5.75 Å². The number of ether oxygens (including phenoxy) is 1. The van der Waals surface area contributed by atoms with E-state index in [1.54, 1.807) is 0 Å². The van der Waals surface area contributed by atoms with Crippen LogP contribution in [0.4, 0.5) is 8.78 Å². The van der Waals surface area contributed by atoms with E-state index in [-0.39, 0.29) is 16.5 Å². The number of hydrogen-bond acceptors (Lipinski definition) is 3. The van der Waals surface area contributed by atoms with Crippen LogP contribution in [0.25, 0.3) is 0 Å². The maximum absolute atomic E-state index is 12.6. The number of hydrogen-bond donors (Lipinski definition) is 1. The van der Waals surface area contributed by atoms with E-state index in [4.69, 9.17) is 21.4 Å². The molecule has 0 saturated heterocycles. The number of alkyl halides is 2. The van der Waals surface area contributed by atoms with Crippen LogP contribution in [0.3, 0.4) is 0 Å². The van der Waals surface area contributed by atoms with Crippen LogP contribution in [0.2, 0.25) is 5.15 Å². The molecule has 0 spiro atoms. The lowest BCUT2D eigenvalue weighted by Crippen LogP contribution is -2.06. The largest absolute Gasteiger partial charge is 0.494 e. The Kier molecular flexibility index (Phi) is 4.00. The summed E-state index contributed by atoms with van der Waals surface area (Å²) >= 11 is 5.51. The molecule has 0 aliphatic carbocycles. The first-order chi connectivity index (χ1) is 7.45. The van der Waals surface area contributed by atoms with Crippen LogP contribution in [-0.2, 0) is 11.2 Å². The molecule has 88 valence electrons. The second-order valence-electron chi connectivity index (χ2n) is 2.89. The van der Waals surface area contributed by atoms with Crippen molar-refractivity contribution in [2.24, 2.45) is 0 Å². The Morgan fingerprint density at radius 2 is 2.31 bits per heavy atom. The molecule has 1 heterocycles. The molecule has 0 radical (unpaired) electrons. The summed E-state index contributed by atoms with van der Waals surface area (Å²) in [5, 5.41) is 8.41. The second-order valence-corrected chi connectivity index (χ2v) is 3.28. The SMILES string of the molecule is COc1c(CC(=O)O)cc(Cl)nc1C(F)F. The number of rotatable bonds is 4. The van der Waals surface area contributed by atoms with Gasteiger partial charge in [-0.1, -0.05) is 11.6 Å². The molecule has 0 fully saturated rings. The molecule has 0 aliphatic rings. The molecular formula is C9H8ClF2NO3. The standard InChI is InChI=1S/C9H8ClF2NO3/c1-16-8-4(3-6(14)15)2-5(10)13-7(8)9(11)12/h2,9H,3H2,1H3,(H,14,15). The highest BCUT2D eigenvalue weighted by Crippen LogP contribution is 2.32. The first-order valence-corrected chi connectivity index (χ1v) is 4.56. The summed E-state index contributed by atoms with van der Waals surface area (Å²) in [6.07, 6.45) is -3.33. The molecule has 0 unspecified atom stereocenters. The Morgan fingerprint density at radius 3 is 2.75 bits per heavy atom. The van der Waals surface area contributed by atoms with Gasteiger partial charge in [-0.15, -0.1) is 0 Å². The molecule has 1 aromatic rings. The highest BCUT2D eigenvalue weighted by atomic mass is 35.5. The van der Waals surface area contributed by atoms with E-state index in [2.05, 4.69) is 4.98 Å². The van der Waals surface area contributed by atoms with Crippen LogP contribution in [0, 0.1) is 0 Å². The van der Waals surface area contributed by atoms with E-state index in [1.165, 1.54) is 13.2 Å². The fourth-order valence-electron chi connectivity index (χ4n) is 1.25. The Hall–Kier alpha value is -1.43. The number of carboxylic acids is 1. The minimum atomic E-state index is -2.87. The van der Waals surface area contributed by atoms with Crippen LogP contribution >= 0.6 is 11.6 Å². The zero-order valence-corrected chi connectivity index (χ0v) is 8.96. The van der Waals surface area contributed by atoms with Gasteiger partial charge in [0, 0.05) is 5.56 Å². The monoisotopic (exact) mass is 251 g/mol. The zero-order chi connectivity index (χ0) is 12.3. The Morgan fingerprint density at radius 1 is 1.69 bits per heavy atom. The summed E-state index contributed by atoms with van der Waals surface area (Å²) in [6.45, 7) is 0. The third-order valence-corrected chi connectivity index (χ3v) is 1.99. The summed E-state index contributed by atoms with van der Waals surface area (Å²) in [7, 11) is 1.17. The van der Waals surface area contributed by atoms with Crippen LogP contribution in [-0.4, -0.2) is 23.2 Å². The number of methoxy groups -OCH3 is 1. The molecule has 0 saturated carbocycles. The zero-order valence-electron chi connectivity index (χ0n) is 8.21. The summed E-state index contributed by atoms with van der Waals surface area (Å²) < 4.78 is 29.9. The summed E-state index contributed by atoms with van der Waals surface area (Å²) in [5.41, 5.74) is -0.573. The Bertz CT molecular complexity index is 412. The van der Waals surface area contributed by atoms with Gasteiger partial charge in [-0.2, -0.15) is 0 Å². The second kappa shape index (κ2) is 5.07. The quantitative estimate of drug-likeness (QED) is 0.834. The van der Waals surface area contributed by atoms with Crippen LogP contribution in [0.1, 0.15) is 17.7 Å². The summed E-state index contributed by atoms with van der Waals surface area (Å²) in [5.74, 6) is -1.40. The van der Waals surface area contributed by atoms with Gasteiger partial charge in [0.2, 0.25) is 0 Å². The molecule has 0 atom stereocenters. The minimum Gasteiger partial charge on any atom is -0.494 e. The molecule has 7 heteroatoms. The Labute approximate surface area is 94.8 Å². The van der Waals surface area contributed by atoms with Gasteiger partial charge >= 0.3 is 5.97 Å². The van der Waals surface area contributed by atoms with Gasteiger partial charge in [0.1, 0.15) is 10.9 Å². The number of nitrogens with zero attached hydrogens (tertiary/aromatic N) is 1. The van der Waals surface area contributed by atoms with Gasteiger partial charge in [-0.25, -0.2) is 13.8 Å². The third-order valence-electron chi connectivity index (χ3n) is 1.80. The van der Waals surface area contributed by atoms with E-state index < -0.39 is 24.5 Å². The molecule has 1 N–H and O–H groups in total. The average Bonchev–Trinajstić information content (AvgIpc) is 2.15. The van der Waals surface area contributed by atoms with Crippen molar-refractivity contribution in [3.63, 3.8) is 0 Å². The highest BCUT2D eigenvalue weighted by molar-refractivity contribution is 6.29. The van der Waals surface area contributed by atoms with E-state index in [1.807, 2.05) is 0 Å². The number of carboxylic acid groups (broad SMARTS) is 1. The van der Waals surface area contributed by atoms with E-state index in [0.29, 0.717) is 0 Å². The lowest BCUT2D eigenvalue weighted by molar-refractivity contribution is -0.136. The van der Waals surface area contributed by atoms with Crippen LogP contribution in [0.15, 0.2) is 6.07 Å². The van der Waals surface area contributed by atoms with Crippen molar-refractivity contribution >= 4 is 17.6 Å². The van der Waals surface area contributed by atoms with Crippen LogP contribution < -0.4 is 4.74 Å². The van der Waals surface area contributed by atoms with Gasteiger partial charge in [-0.05, 0) is 6.07 Å². The third kappa shape index (κ3) is 2.79. The fourth-order valence-corrected chi connectivity index (χ4v) is 1.47. The maximum Gasteiger partial charge on any atom is 0.307 e. The van der Waals surface area contributed by atoms with Gasteiger partial charge in [0.25, 0.3) is 6.43 Å². The molecule has 0 bridgehead atoms. The van der Waals surface area contributed by atoms with Crippen molar-refractivity contribution < 1.29 is 23.4 Å². The number of carbonyl (C=O) groups is 1. The van der Waals surface area contributed by atoms with Crippen molar-refractivity contribution in [1.29, 1.82) is 0 Å². The van der Waals surface area contributed by atoms with Gasteiger partial charge in [0.05, 0.1) is 13.5 Å². The maximum atomic E-state index is 12.6. The van der Waals surface area contributed by atoms with E-state index in [0.717, 1.165) is 0 Å². The lowest BCUT2D eigenvalue weighted by Gasteiger charge is -2.11. The molecule has 4 nitrogen and oxygen atoms in total. The number of halogens is 3. The summed E-state index contributed by atoms with van der Waals surface area (Å²) in [4.78, 5) is 13.9. The van der Waals surface area contributed by atoms with Gasteiger partial charge in [-0.3, -0.25) is 4.79 Å². The van der Waals surface area contributed by atoms with Crippen molar-refractivity contribution in [2.75, 3.05) is 7.11 Å². The Balaban J connectivity index is 3.29. The summed E-state index contributed by atoms with van der Waals surface area (Å²) in [6, 6.07) is 1.19. The average molecular weight is 252 g/mol. The predicted molar refractivity (Wildman–Crippen MR) is 52.1 cm³/mol. The number of aliphatic carboxylic acids is 1. The smallest absolute Gasteiger partial charge is 0.307 e. The number of aromatic nitrogens is 1. The molecular weight excluding hydrogens is 244 g/mol. The molecule has 16 heavy (non-hydrogen) atoms. The number of pyridine rings is 1. The minimum absolute atomic E-state index is 0.0744. The van der Waals surface area contributed by atoms with E-state index in [9.17, 15) is 13.6 Å². The van der Waals surface area contributed by atoms with Gasteiger partial charge < -0.3 is 9.84 Å². The molecule has 0 amide bonds. The normalized spacial score (nSPS) is 10.6. The molecule has 0 aliphatic heterocycles. The van der Waals surface area contributed by atoms with Crippen LogP contribution in [0.5, 0.6) is 5.75 Å². The van der Waals surface area contributed by atoms with Gasteiger partial charge in [0.15, 0.2) is 5.69 Å². The first-order valence-electron chi connectivity index (χ1n) is 4.19. The topological polar surface area (TPSA) is 59.4 Å². The van der Waals surface area contributed by atoms with Crippen molar-refractivity contribution in [2.45, 2.75) is 12.8 Å².